The molecule has 0 radical (unpaired) electrons. The molecular formula is C19H25Cl2CoN3. The van der Waals surface area contributed by atoms with E-state index >= 15 is 0 Å². The van der Waals surface area contributed by atoms with E-state index in [0.717, 1.165) is 24.3 Å². The van der Waals surface area contributed by atoms with E-state index in [0.29, 0.717) is 6.67 Å². The number of hydrogen-bond acceptors (Lipinski definition) is 3. The van der Waals surface area contributed by atoms with Crippen molar-refractivity contribution in [3.05, 3.63) is 58.7 Å². The second kappa shape index (κ2) is 11.7. The van der Waals surface area contributed by atoms with Crippen LogP contribution in [0.4, 0.5) is 11.4 Å². The fourth-order valence-electron chi connectivity index (χ4n) is 2.65. The van der Waals surface area contributed by atoms with Gasteiger partial charge in [0.2, 0.25) is 0 Å². The Balaban J connectivity index is 0.00000151. The number of aryl methyl sites for hydroxylation is 4. The number of nitrogens with one attached hydrogen (secondary N) is 2. The first-order valence-corrected chi connectivity index (χ1v) is 9.81. The Morgan fingerprint density at radius 3 is 2.16 bits per heavy atom. The Morgan fingerprint density at radius 1 is 0.960 bits per heavy atom. The molecule has 0 spiro atoms. The zero-order chi connectivity index (χ0) is 18.8. The van der Waals surface area contributed by atoms with Crippen molar-refractivity contribution in [1.29, 1.82) is 0 Å². The summed E-state index contributed by atoms with van der Waals surface area (Å²) in [5, 5.41) is 6.86. The number of hydrogen-bond donors (Lipinski definition) is 2. The van der Waals surface area contributed by atoms with Crippen LogP contribution in [0.15, 0.2) is 30.3 Å². The van der Waals surface area contributed by atoms with Crippen LogP contribution < -0.4 is 10.6 Å². The van der Waals surface area contributed by atoms with Gasteiger partial charge in [0.1, 0.15) is 0 Å². The van der Waals surface area contributed by atoms with E-state index in [1.54, 1.807) is 4.42 Å². The first-order chi connectivity index (χ1) is 12.0. The van der Waals surface area contributed by atoms with E-state index in [4.69, 9.17) is 11.8 Å². The van der Waals surface area contributed by atoms with Crippen LogP contribution >= 0.6 is 21.9 Å². The first kappa shape index (κ1) is 22.1. The van der Waals surface area contributed by atoms with Gasteiger partial charge in [-0.1, -0.05) is 37.7 Å². The quantitative estimate of drug-likeness (QED) is 0.356. The molecule has 0 atom stereocenters. The molecule has 0 aromatic heterocycles. The van der Waals surface area contributed by atoms with Crippen LogP contribution in [0.3, 0.4) is 0 Å². The fraction of sp³-hybridized carbons (Fsp3) is 0.368. The molecule has 139 valence electrons. The maximum absolute atomic E-state index is 6.30. The van der Waals surface area contributed by atoms with Gasteiger partial charge in [0.25, 0.3) is 0 Å². The van der Waals surface area contributed by atoms with Crippen molar-refractivity contribution in [2.75, 3.05) is 30.4 Å². The molecule has 25 heavy (non-hydrogen) atoms. The molecule has 0 heterocycles. The maximum atomic E-state index is 6.30. The Hall–Kier alpha value is -0.914. The molecule has 0 saturated heterocycles. The van der Waals surface area contributed by atoms with E-state index in [9.17, 15) is 0 Å². The van der Waals surface area contributed by atoms with Crippen molar-refractivity contribution in [3.63, 3.8) is 0 Å². The van der Waals surface area contributed by atoms with Crippen LogP contribution in [0, 0.1) is 33.8 Å². The van der Waals surface area contributed by atoms with Gasteiger partial charge in [-0.05, 0) is 36.8 Å². The van der Waals surface area contributed by atoms with Gasteiger partial charge >= 0.3 is 25.0 Å². The molecule has 2 aromatic rings. The SMILES string of the molecule is Cc1[c-]ccc(C)c1NCN(Cl)CCNc1c(C)cccc1C.[Cl][Co+]. The molecule has 0 aliphatic rings. The number of rotatable bonds is 7. The summed E-state index contributed by atoms with van der Waals surface area (Å²) >= 11 is 9.34. The number of para-hydroxylation sites is 1. The minimum absolute atomic E-state index is 0.593. The predicted octanol–water partition coefficient (Wildman–Crippen LogP) is 5.34. The molecule has 0 amide bonds. The minimum atomic E-state index is 0.593. The molecule has 0 fully saturated rings. The topological polar surface area (TPSA) is 27.3 Å². The first-order valence-electron chi connectivity index (χ1n) is 8.04. The molecule has 0 unspecified atom stereocenters. The van der Waals surface area contributed by atoms with Crippen LogP contribution in [0.5, 0.6) is 0 Å². The molecule has 3 nitrogen and oxygen atoms in total. The molecule has 2 N–H and O–H groups in total. The Kier molecular flexibility index (Phi) is 10.3. The zero-order valence-corrected chi connectivity index (χ0v) is 17.6. The van der Waals surface area contributed by atoms with Gasteiger partial charge < -0.3 is 10.6 Å². The van der Waals surface area contributed by atoms with Crippen molar-refractivity contribution < 1.29 is 14.8 Å². The van der Waals surface area contributed by atoms with Crippen LogP contribution in [-0.4, -0.2) is 24.2 Å². The molecule has 0 aliphatic carbocycles. The van der Waals surface area contributed by atoms with Crippen LogP contribution in [0.25, 0.3) is 0 Å². The average Bonchev–Trinajstić information content (AvgIpc) is 2.59. The van der Waals surface area contributed by atoms with E-state index in [1.807, 2.05) is 6.07 Å². The molecule has 0 saturated carbocycles. The zero-order valence-electron chi connectivity index (χ0n) is 15.0. The summed E-state index contributed by atoms with van der Waals surface area (Å²) in [6, 6.07) is 13.5. The van der Waals surface area contributed by atoms with Gasteiger partial charge in [-0.2, -0.15) is 18.2 Å². The van der Waals surface area contributed by atoms with E-state index in [1.165, 1.54) is 22.4 Å². The molecule has 2 aromatic carbocycles. The molecule has 0 aliphatic heterocycles. The van der Waals surface area contributed by atoms with E-state index in [-0.39, 0.29) is 0 Å². The summed E-state index contributed by atoms with van der Waals surface area (Å²) in [4.78, 5) is 0. The van der Waals surface area contributed by atoms with Gasteiger partial charge in [-0.3, -0.25) is 0 Å². The Bertz CT molecular complexity index is 625. The average molecular weight is 425 g/mol. The summed E-state index contributed by atoms with van der Waals surface area (Å²) in [6.45, 7) is 10.5. The number of anilines is 2. The van der Waals surface area contributed by atoms with Gasteiger partial charge in [0.15, 0.2) is 0 Å². The van der Waals surface area contributed by atoms with Crippen LogP contribution in [-0.2, 0) is 14.8 Å². The Morgan fingerprint density at radius 2 is 1.56 bits per heavy atom. The summed E-state index contributed by atoms with van der Waals surface area (Å²) in [5.74, 6) is 0. The van der Waals surface area contributed by atoms with E-state index < -0.39 is 0 Å². The summed E-state index contributed by atoms with van der Waals surface area (Å²) in [7, 11) is 4.33. The standard InChI is InChI=1S/C19H25ClN3.ClH.Co/c1-14-7-5-8-15(2)18(14)21-11-12-23(20)13-22-19-16(3)9-6-10-17(19)4;;/h5-9,21-22H,11-13H2,1-4H3;1H;/q-1;;+2/p-1. The molecule has 0 bridgehead atoms. The van der Waals surface area contributed by atoms with Crippen molar-refractivity contribution in [2.45, 2.75) is 27.7 Å². The van der Waals surface area contributed by atoms with Crippen molar-refractivity contribution in [1.82, 2.24) is 4.42 Å². The third-order valence-corrected chi connectivity index (χ3v) is 4.26. The fourth-order valence-corrected chi connectivity index (χ4v) is 2.80. The third kappa shape index (κ3) is 7.08. The van der Waals surface area contributed by atoms with Crippen molar-refractivity contribution in [3.8, 4) is 0 Å². The van der Waals surface area contributed by atoms with Gasteiger partial charge in [0, 0.05) is 18.8 Å². The number of benzene rings is 2. The third-order valence-electron chi connectivity index (χ3n) is 3.97. The summed E-state index contributed by atoms with van der Waals surface area (Å²) in [6.07, 6.45) is 0. The van der Waals surface area contributed by atoms with Crippen LogP contribution in [0.1, 0.15) is 22.3 Å². The number of halogens is 2. The van der Waals surface area contributed by atoms with Crippen molar-refractivity contribution in [2.24, 2.45) is 0 Å². The normalized spacial score (nSPS) is 10.2. The molecule has 6 heteroatoms. The van der Waals surface area contributed by atoms with Gasteiger partial charge in [0.05, 0.1) is 6.67 Å². The molecule has 2 rings (SSSR count). The van der Waals surface area contributed by atoms with E-state index in [2.05, 4.69) is 93.6 Å². The van der Waals surface area contributed by atoms with Gasteiger partial charge in [-0.25, -0.2) is 4.42 Å². The summed E-state index contributed by atoms with van der Waals surface area (Å²) in [5.41, 5.74) is 7.16. The predicted molar refractivity (Wildman–Crippen MR) is 106 cm³/mol. The monoisotopic (exact) mass is 424 g/mol. The van der Waals surface area contributed by atoms with Crippen molar-refractivity contribution >= 4 is 33.3 Å². The van der Waals surface area contributed by atoms with Gasteiger partial charge in [-0.15, -0.1) is 11.1 Å². The van der Waals surface area contributed by atoms with Crippen LogP contribution in [0.2, 0.25) is 0 Å². The Labute approximate surface area is 169 Å². The second-order valence-electron chi connectivity index (χ2n) is 5.88. The summed E-state index contributed by atoms with van der Waals surface area (Å²) < 4.78 is 1.76. The number of nitrogens with zero attached hydrogens (tertiary/aromatic N) is 1. The second-order valence-corrected chi connectivity index (χ2v) is 6.35. The molecular weight excluding hydrogens is 400 g/mol.